The molecule has 1 aromatic carbocycles. The van der Waals surface area contributed by atoms with Crippen LogP contribution in [0.25, 0.3) is 0 Å². The van der Waals surface area contributed by atoms with E-state index in [9.17, 15) is 0 Å². The molecule has 0 radical (unpaired) electrons. The lowest BCUT2D eigenvalue weighted by Gasteiger charge is -2.22. The van der Waals surface area contributed by atoms with Gasteiger partial charge in [-0.1, -0.05) is 6.07 Å². The molecule has 3 heteroatoms. The predicted octanol–water partition coefficient (Wildman–Crippen LogP) is 3.10. The molecule has 0 amide bonds. The van der Waals surface area contributed by atoms with Crippen LogP contribution in [0.2, 0.25) is 0 Å². The number of thioether (sulfide) groups is 1. The molecule has 0 spiro atoms. The summed E-state index contributed by atoms with van der Waals surface area (Å²) >= 11 is 1.93. The maximum absolute atomic E-state index is 5.40. The van der Waals surface area contributed by atoms with E-state index in [0.717, 1.165) is 11.7 Å². The van der Waals surface area contributed by atoms with Gasteiger partial charge in [-0.25, -0.2) is 0 Å². The zero-order valence-corrected chi connectivity index (χ0v) is 11.5. The third-order valence-corrected chi connectivity index (χ3v) is 4.46. The van der Waals surface area contributed by atoms with E-state index in [1.165, 1.54) is 42.1 Å². The quantitative estimate of drug-likeness (QED) is 0.831. The first-order chi connectivity index (χ1) is 8.29. The summed E-state index contributed by atoms with van der Waals surface area (Å²) in [6.07, 6.45) is 2.67. The molecule has 0 saturated carbocycles. The van der Waals surface area contributed by atoms with Gasteiger partial charge in [0.25, 0.3) is 0 Å². The Morgan fingerprint density at radius 2 is 2.35 bits per heavy atom. The number of hydrogen-bond acceptors (Lipinski definition) is 3. The van der Waals surface area contributed by atoms with Crippen molar-refractivity contribution >= 4 is 11.8 Å². The number of methoxy groups -OCH3 is 1. The van der Waals surface area contributed by atoms with Crippen LogP contribution in [0.15, 0.2) is 23.1 Å². The van der Waals surface area contributed by atoms with Crippen LogP contribution in [0.3, 0.4) is 0 Å². The van der Waals surface area contributed by atoms with Crippen molar-refractivity contribution in [1.82, 2.24) is 5.32 Å². The van der Waals surface area contributed by atoms with Gasteiger partial charge >= 0.3 is 0 Å². The summed E-state index contributed by atoms with van der Waals surface area (Å²) in [5, 5.41) is 3.47. The van der Waals surface area contributed by atoms with Crippen molar-refractivity contribution in [2.75, 3.05) is 26.0 Å². The van der Waals surface area contributed by atoms with Crippen molar-refractivity contribution in [3.05, 3.63) is 23.8 Å². The smallest absolute Gasteiger partial charge is 0.132 e. The Balaban J connectivity index is 1.95. The minimum absolute atomic E-state index is 0.805. The third kappa shape index (κ3) is 3.65. The van der Waals surface area contributed by atoms with Crippen molar-refractivity contribution in [2.24, 2.45) is 5.92 Å². The predicted molar refractivity (Wildman–Crippen MR) is 74.0 cm³/mol. The second-order valence-electron chi connectivity index (χ2n) is 4.68. The average molecular weight is 251 g/mol. The van der Waals surface area contributed by atoms with E-state index >= 15 is 0 Å². The monoisotopic (exact) mass is 251 g/mol. The number of benzene rings is 1. The molecule has 0 aliphatic carbocycles. The van der Waals surface area contributed by atoms with E-state index in [0.29, 0.717) is 0 Å². The SMILES string of the molecule is COc1ccc(C)cc1SCC1CCCNC1. The molecular weight excluding hydrogens is 230 g/mol. The van der Waals surface area contributed by atoms with Crippen LogP contribution in [0.1, 0.15) is 18.4 Å². The lowest BCUT2D eigenvalue weighted by molar-refractivity contribution is 0.402. The zero-order valence-electron chi connectivity index (χ0n) is 10.7. The summed E-state index contributed by atoms with van der Waals surface area (Å²) in [6.45, 7) is 4.49. The van der Waals surface area contributed by atoms with Gasteiger partial charge in [0.15, 0.2) is 0 Å². The molecule has 0 aromatic heterocycles. The van der Waals surface area contributed by atoms with E-state index in [-0.39, 0.29) is 0 Å². The Hall–Kier alpha value is -0.670. The third-order valence-electron chi connectivity index (χ3n) is 3.19. The standard InChI is InChI=1S/C14H21NOS/c1-11-5-6-13(16-2)14(8-11)17-10-12-4-3-7-15-9-12/h5-6,8,12,15H,3-4,7,9-10H2,1-2H3. The van der Waals surface area contributed by atoms with Crippen LogP contribution in [-0.4, -0.2) is 26.0 Å². The molecule has 1 aromatic rings. The molecule has 2 nitrogen and oxygen atoms in total. The van der Waals surface area contributed by atoms with Crippen molar-refractivity contribution in [3.63, 3.8) is 0 Å². The fourth-order valence-electron chi connectivity index (χ4n) is 2.17. The van der Waals surface area contributed by atoms with Crippen LogP contribution >= 0.6 is 11.8 Å². The van der Waals surface area contributed by atoms with Crippen LogP contribution in [0, 0.1) is 12.8 Å². The van der Waals surface area contributed by atoms with Gasteiger partial charge in [-0.3, -0.25) is 0 Å². The topological polar surface area (TPSA) is 21.3 Å². The molecule has 1 saturated heterocycles. The number of piperidine rings is 1. The molecule has 1 fully saturated rings. The number of nitrogens with one attached hydrogen (secondary N) is 1. The Morgan fingerprint density at radius 3 is 3.06 bits per heavy atom. The Kier molecular flexibility index (Phi) is 4.75. The van der Waals surface area contributed by atoms with Gasteiger partial charge in [0.05, 0.1) is 7.11 Å². The Bertz CT molecular complexity index is 361. The second-order valence-corrected chi connectivity index (χ2v) is 5.74. The fourth-order valence-corrected chi connectivity index (χ4v) is 3.43. The highest BCUT2D eigenvalue weighted by atomic mass is 32.2. The van der Waals surface area contributed by atoms with Crippen molar-refractivity contribution in [2.45, 2.75) is 24.7 Å². The van der Waals surface area contributed by atoms with Gasteiger partial charge < -0.3 is 10.1 Å². The first-order valence-corrected chi connectivity index (χ1v) is 7.26. The van der Waals surface area contributed by atoms with Gasteiger partial charge in [-0.15, -0.1) is 11.8 Å². The Labute approximate surface area is 108 Å². The summed E-state index contributed by atoms with van der Waals surface area (Å²) in [6, 6.07) is 6.39. The highest BCUT2D eigenvalue weighted by molar-refractivity contribution is 7.99. The molecule has 2 rings (SSSR count). The first kappa shape index (κ1) is 12.8. The van der Waals surface area contributed by atoms with Gasteiger partial charge in [0.1, 0.15) is 5.75 Å². The summed E-state index contributed by atoms with van der Waals surface area (Å²) in [5.41, 5.74) is 1.30. The second kappa shape index (κ2) is 6.31. The summed E-state index contributed by atoms with van der Waals surface area (Å²) in [5.74, 6) is 3.00. The van der Waals surface area contributed by atoms with Crippen LogP contribution < -0.4 is 10.1 Å². The number of hydrogen-bond donors (Lipinski definition) is 1. The molecule has 1 heterocycles. The number of rotatable bonds is 4. The van der Waals surface area contributed by atoms with Gasteiger partial charge in [0, 0.05) is 10.6 Å². The molecule has 1 atom stereocenters. The van der Waals surface area contributed by atoms with E-state index in [4.69, 9.17) is 4.74 Å². The van der Waals surface area contributed by atoms with Crippen LogP contribution in [-0.2, 0) is 0 Å². The molecule has 94 valence electrons. The first-order valence-electron chi connectivity index (χ1n) is 6.28. The Morgan fingerprint density at radius 1 is 1.47 bits per heavy atom. The fraction of sp³-hybridized carbons (Fsp3) is 0.571. The minimum atomic E-state index is 0.805. The number of ether oxygens (including phenoxy) is 1. The molecule has 1 aliphatic heterocycles. The van der Waals surface area contributed by atoms with Crippen molar-refractivity contribution in [1.29, 1.82) is 0 Å². The number of aryl methyl sites for hydroxylation is 1. The van der Waals surface area contributed by atoms with E-state index in [1.807, 2.05) is 11.8 Å². The van der Waals surface area contributed by atoms with Crippen LogP contribution in [0.5, 0.6) is 5.75 Å². The molecule has 1 N–H and O–H groups in total. The van der Waals surface area contributed by atoms with Crippen molar-refractivity contribution in [3.8, 4) is 5.75 Å². The normalized spacial score (nSPS) is 20.2. The maximum atomic E-state index is 5.40. The largest absolute Gasteiger partial charge is 0.496 e. The molecule has 17 heavy (non-hydrogen) atoms. The lowest BCUT2D eigenvalue weighted by atomic mass is 10.0. The summed E-state index contributed by atoms with van der Waals surface area (Å²) < 4.78 is 5.40. The van der Waals surface area contributed by atoms with Gasteiger partial charge in [0.2, 0.25) is 0 Å². The van der Waals surface area contributed by atoms with Gasteiger partial charge in [-0.2, -0.15) is 0 Å². The maximum Gasteiger partial charge on any atom is 0.132 e. The van der Waals surface area contributed by atoms with Crippen molar-refractivity contribution < 1.29 is 4.74 Å². The molecule has 0 bridgehead atoms. The zero-order chi connectivity index (χ0) is 12.1. The highest BCUT2D eigenvalue weighted by Gasteiger charge is 2.14. The molecular formula is C14H21NOS. The van der Waals surface area contributed by atoms with Crippen LogP contribution in [0.4, 0.5) is 0 Å². The molecule has 1 unspecified atom stereocenters. The highest BCUT2D eigenvalue weighted by Crippen LogP contribution is 2.32. The summed E-state index contributed by atoms with van der Waals surface area (Å²) in [7, 11) is 1.75. The average Bonchev–Trinajstić information content (AvgIpc) is 2.38. The molecule has 1 aliphatic rings. The van der Waals surface area contributed by atoms with E-state index < -0.39 is 0 Å². The van der Waals surface area contributed by atoms with E-state index in [1.54, 1.807) is 7.11 Å². The minimum Gasteiger partial charge on any atom is -0.496 e. The van der Waals surface area contributed by atoms with Gasteiger partial charge in [-0.05, 0) is 56.5 Å². The van der Waals surface area contributed by atoms with E-state index in [2.05, 4.69) is 30.4 Å². The summed E-state index contributed by atoms with van der Waals surface area (Å²) in [4.78, 5) is 1.28. The lowest BCUT2D eigenvalue weighted by Crippen LogP contribution is -2.30.